The van der Waals surface area contributed by atoms with Crippen LogP contribution in [0.2, 0.25) is 5.02 Å². The van der Waals surface area contributed by atoms with Crippen molar-refractivity contribution in [3.8, 4) is 11.3 Å². The van der Waals surface area contributed by atoms with Gasteiger partial charge in [-0.25, -0.2) is 9.38 Å². The summed E-state index contributed by atoms with van der Waals surface area (Å²) in [5, 5.41) is 1.98. The van der Waals surface area contributed by atoms with Crippen LogP contribution in [0.3, 0.4) is 0 Å². The summed E-state index contributed by atoms with van der Waals surface area (Å²) < 4.78 is 1.53. The number of rotatable bonds is 3. The number of pyridine rings is 2. The van der Waals surface area contributed by atoms with Crippen LogP contribution in [0.4, 0.5) is 0 Å². The second-order valence-electron chi connectivity index (χ2n) is 5.21. The maximum absolute atomic E-state index is 12.8. The lowest BCUT2D eigenvalue weighted by Gasteiger charge is -2.03. The van der Waals surface area contributed by atoms with Crippen molar-refractivity contribution in [2.24, 2.45) is 0 Å². The third-order valence-electron chi connectivity index (χ3n) is 3.63. The third kappa shape index (κ3) is 2.97. The molecule has 0 aliphatic carbocycles. The quantitative estimate of drug-likeness (QED) is 0.549. The van der Waals surface area contributed by atoms with E-state index in [9.17, 15) is 4.79 Å². The smallest absolute Gasteiger partial charge is 0.267 e. The molecule has 0 fully saturated rings. The fourth-order valence-electron chi connectivity index (χ4n) is 2.43. The molecule has 25 heavy (non-hydrogen) atoms. The van der Waals surface area contributed by atoms with Gasteiger partial charge in [0.15, 0.2) is 4.96 Å². The Kier molecular flexibility index (Phi) is 4.13. The van der Waals surface area contributed by atoms with Gasteiger partial charge in [0, 0.05) is 35.7 Å². The molecular formula is C18H11ClN4OS. The zero-order valence-electron chi connectivity index (χ0n) is 12.8. The van der Waals surface area contributed by atoms with Crippen LogP contribution < -0.4 is 5.56 Å². The Morgan fingerprint density at radius 3 is 2.68 bits per heavy atom. The summed E-state index contributed by atoms with van der Waals surface area (Å²) in [5.41, 5.74) is 2.71. The summed E-state index contributed by atoms with van der Waals surface area (Å²) in [5.74, 6) is 0. The first kappa shape index (κ1) is 15.7. The van der Waals surface area contributed by atoms with Gasteiger partial charge in [-0.05, 0) is 29.8 Å². The van der Waals surface area contributed by atoms with Crippen LogP contribution >= 0.6 is 22.9 Å². The number of halogens is 1. The van der Waals surface area contributed by atoms with Gasteiger partial charge < -0.3 is 0 Å². The lowest BCUT2D eigenvalue weighted by Crippen LogP contribution is -2.16. The molecule has 0 spiro atoms. The Morgan fingerprint density at radius 1 is 1.08 bits per heavy atom. The average Bonchev–Trinajstić information content (AvgIpc) is 3.09. The molecule has 0 radical (unpaired) electrons. The van der Waals surface area contributed by atoms with Crippen molar-refractivity contribution in [1.82, 2.24) is 19.4 Å². The lowest BCUT2D eigenvalue weighted by molar-refractivity contribution is 1.08. The molecule has 0 saturated heterocycles. The van der Waals surface area contributed by atoms with Gasteiger partial charge in [0.25, 0.3) is 5.56 Å². The van der Waals surface area contributed by atoms with Crippen molar-refractivity contribution in [2.45, 2.75) is 0 Å². The van der Waals surface area contributed by atoms with Crippen LogP contribution in [0.1, 0.15) is 11.3 Å². The van der Waals surface area contributed by atoms with Crippen LogP contribution in [-0.4, -0.2) is 19.4 Å². The van der Waals surface area contributed by atoms with E-state index in [1.807, 2.05) is 35.7 Å². The molecule has 0 saturated carbocycles. The predicted octanol–water partition coefficient (Wildman–Crippen LogP) is 4.04. The van der Waals surface area contributed by atoms with E-state index < -0.39 is 0 Å². The monoisotopic (exact) mass is 366 g/mol. The van der Waals surface area contributed by atoms with Crippen molar-refractivity contribution in [3.63, 3.8) is 0 Å². The predicted molar refractivity (Wildman–Crippen MR) is 101 cm³/mol. The number of fused-ring (bicyclic) bond motifs is 1. The topological polar surface area (TPSA) is 60.2 Å². The SMILES string of the molecule is O=c1c(Cl)c(C=Cc2cccnc2)nc2scc(-c3ccncc3)n12. The molecule has 4 heterocycles. The van der Waals surface area contributed by atoms with E-state index >= 15 is 0 Å². The van der Waals surface area contributed by atoms with Crippen molar-refractivity contribution in [1.29, 1.82) is 0 Å². The number of hydrogen-bond acceptors (Lipinski definition) is 5. The largest absolute Gasteiger partial charge is 0.278 e. The molecule has 4 aromatic heterocycles. The lowest BCUT2D eigenvalue weighted by atomic mass is 10.2. The number of hydrogen-bond donors (Lipinski definition) is 0. The van der Waals surface area contributed by atoms with E-state index in [4.69, 9.17) is 11.6 Å². The highest BCUT2D eigenvalue weighted by atomic mass is 35.5. The van der Waals surface area contributed by atoms with E-state index in [0.29, 0.717) is 10.7 Å². The maximum atomic E-state index is 12.8. The molecule has 0 bridgehead atoms. The van der Waals surface area contributed by atoms with Gasteiger partial charge in [-0.2, -0.15) is 0 Å². The molecule has 122 valence electrons. The van der Waals surface area contributed by atoms with Crippen molar-refractivity contribution in [3.05, 3.63) is 81.1 Å². The highest BCUT2D eigenvalue weighted by Gasteiger charge is 2.14. The Morgan fingerprint density at radius 2 is 1.92 bits per heavy atom. The van der Waals surface area contributed by atoms with Gasteiger partial charge in [0.1, 0.15) is 5.02 Å². The molecule has 4 rings (SSSR count). The van der Waals surface area contributed by atoms with Gasteiger partial charge in [0.2, 0.25) is 0 Å². The summed E-state index contributed by atoms with van der Waals surface area (Å²) in [6.07, 6.45) is 10.4. The Hall–Kier alpha value is -2.83. The Labute approximate surface area is 151 Å². The molecule has 0 aromatic carbocycles. The van der Waals surface area contributed by atoms with Crippen LogP contribution in [0.25, 0.3) is 28.4 Å². The van der Waals surface area contributed by atoms with Crippen molar-refractivity contribution < 1.29 is 0 Å². The number of aromatic nitrogens is 4. The second kappa shape index (κ2) is 6.58. The third-order valence-corrected chi connectivity index (χ3v) is 4.82. The van der Waals surface area contributed by atoms with Crippen LogP contribution in [0, 0.1) is 0 Å². The Bertz CT molecular complexity index is 1120. The van der Waals surface area contributed by atoms with E-state index in [1.165, 1.54) is 15.7 Å². The zero-order chi connectivity index (χ0) is 17.2. The summed E-state index contributed by atoms with van der Waals surface area (Å²) in [4.78, 5) is 25.9. The first-order valence-electron chi connectivity index (χ1n) is 7.42. The van der Waals surface area contributed by atoms with Gasteiger partial charge in [-0.3, -0.25) is 14.8 Å². The average molecular weight is 367 g/mol. The minimum atomic E-state index is -0.287. The summed E-state index contributed by atoms with van der Waals surface area (Å²) in [7, 11) is 0. The van der Waals surface area contributed by atoms with Crippen molar-refractivity contribution in [2.75, 3.05) is 0 Å². The normalized spacial score (nSPS) is 11.4. The standard InChI is InChI=1S/C18H11ClN4OS/c19-16-14(4-3-12-2-1-7-21-10-12)22-18-23(17(16)24)15(11-25-18)13-5-8-20-9-6-13/h1-11H. The zero-order valence-corrected chi connectivity index (χ0v) is 14.4. The van der Waals surface area contributed by atoms with E-state index in [0.717, 1.165) is 16.8 Å². The highest BCUT2D eigenvalue weighted by molar-refractivity contribution is 7.15. The summed E-state index contributed by atoms with van der Waals surface area (Å²) in [6.45, 7) is 0. The first-order chi connectivity index (χ1) is 12.2. The molecule has 0 N–H and O–H groups in total. The molecular weight excluding hydrogens is 356 g/mol. The van der Waals surface area contributed by atoms with Crippen LogP contribution in [0.5, 0.6) is 0 Å². The van der Waals surface area contributed by atoms with Gasteiger partial charge in [-0.1, -0.05) is 23.7 Å². The minimum Gasteiger partial charge on any atom is -0.267 e. The second-order valence-corrected chi connectivity index (χ2v) is 6.43. The molecule has 0 unspecified atom stereocenters. The van der Waals surface area contributed by atoms with Crippen LogP contribution in [-0.2, 0) is 0 Å². The first-order valence-corrected chi connectivity index (χ1v) is 8.68. The molecule has 4 aromatic rings. The van der Waals surface area contributed by atoms with E-state index in [1.54, 1.807) is 30.9 Å². The molecule has 5 nitrogen and oxygen atoms in total. The molecule has 0 aliphatic rings. The molecule has 0 atom stereocenters. The molecule has 0 amide bonds. The highest BCUT2D eigenvalue weighted by Crippen LogP contribution is 2.25. The summed E-state index contributed by atoms with van der Waals surface area (Å²) >= 11 is 7.68. The van der Waals surface area contributed by atoms with E-state index in [2.05, 4.69) is 15.0 Å². The number of nitrogens with zero attached hydrogens (tertiary/aromatic N) is 4. The molecule has 7 heteroatoms. The summed E-state index contributed by atoms with van der Waals surface area (Å²) in [6, 6.07) is 7.44. The fraction of sp³-hybridized carbons (Fsp3) is 0. The van der Waals surface area contributed by atoms with Crippen LogP contribution in [0.15, 0.2) is 59.2 Å². The maximum Gasteiger partial charge on any atom is 0.278 e. The fourth-order valence-corrected chi connectivity index (χ4v) is 3.52. The minimum absolute atomic E-state index is 0.0892. The van der Waals surface area contributed by atoms with Gasteiger partial charge >= 0.3 is 0 Å². The van der Waals surface area contributed by atoms with Gasteiger partial charge in [0.05, 0.1) is 11.4 Å². The molecule has 0 aliphatic heterocycles. The Balaban J connectivity index is 1.84. The van der Waals surface area contributed by atoms with Crippen molar-refractivity contribution >= 4 is 40.1 Å². The number of thiazole rings is 1. The van der Waals surface area contributed by atoms with E-state index in [-0.39, 0.29) is 10.6 Å². The van der Waals surface area contributed by atoms with Gasteiger partial charge in [-0.15, -0.1) is 11.3 Å².